The van der Waals surface area contributed by atoms with Crippen molar-refractivity contribution in [1.82, 2.24) is 10.2 Å². The summed E-state index contributed by atoms with van der Waals surface area (Å²) in [7, 11) is 0. The highest BCUT2D eigenvalue weighted by molar-refractivity contribution is 14.0. The summed E-state index contributed by atoms with van der Waals surface area (Å²) in [5.74, 6) is 0.705. The molecule has 1 aliphatic rings. The van der Waals surface area contributed by atoms with Crippen molar-refractivity contribution in [2.45, 2.75) is 32.4 Å². The van der Waals surface area contributed by atoms with Gasteiger partial charge in [-0.3, -0.25) is 4.79 Å². The summed E-state index contributed by atoms with van der Waals surface area (Å²) in [5, 5.41) is 5.24. The minimum atomic E-state index is 0. The summed E-state index contributed by atoms with van der Waals surface area (Å²) in [6, 6.07) is 12.3. The van der Waals surface area contributed by atoms with E-state index in [1.165, 1.54) is 4.88 Å². The van der Waals surface area contributed by atoms with E-state index < -0.39 is 0 Å². The second-order valence-corrected chi connectivity index (χ2v) is 7.18. The molecule has 1 fully saturated rings. The van der Waals surface area contributed by atoms with Crippen molar-refractivity contribution in [3.8, 4) is 0 Å². The predicted molar refractivity (Wildman–Crippen MR) is 118 cm³/mol. The number of aliphatic imine (C=N–C) groups is 1. The fraction of sp³-hybridized carbons (Fsp3) is 0.368. The molecule has 0 spiro atoms. The first-order valence-electron chi connectivity index (χ1n) is 8.63. The Morgan fingerprint density at radius 2 is 2.04 bits per heavy atom. The summed E-state index contributed by atoms with van der Waals surface area (Å²) in [6.07, 6.45) is 2.57. The number of hydrogen-bond acceptors (Lipinski definition) is 3. The van der Waals surface area contributed by atoms with Crippen molar-refractivity contribution in [2.24, 2.45) is 10.7 Å². The Morgan fingerprint density at radius 1 is 1.23 bits per heavy atom. The van der Waals surface area contributed by atoms with Gasteiger partial charge < -0.3 is 16.0 Å². The Bertz CT molecular complexity index is 733. The van der Waals surface area contributed by atoms with Crippen LogP contribution >= 0.6 is 35.3 Å². The first-order chi connectivity index (χ1) is 12.2. The van der Waals surface area contributed by atoms with E-state index in [0.717, 1.165) is 37.1 Å². The molecule has 1 aliphatic heterocycles. The van der Waals surface area contributed by atoms with Crippen molar-refractivity contribution in [3.05, 3.63) is 57.8 Å². The molecule has 0 aliphatic carbocycles. The fourth-order valence-corrected chi connectivity index (χ4v) is 3.65. The molecule has 7 heteroatoms. The minimum Gasteiger partial charge on any atom is -0.370 e. The number of rotatable bonds is 7. The number of hydrogen-bond donors (Lipinski definition) is 2. The number of carbonyl (C=O) groups is 1. The maximum atomic E-state index is 11.8. The van der Waals surface area contributed by atoms with E-state index in [-0.39, 0.29) is 29.9 Å². The molecule has 0 saturated carbocycles. The summed E-state index contributed by atoms with van der Waals surface area (Å²) < 4.78 is 0. The van der Waals surface area contributed by atoms with E-state index in [1.807, 2.05) is 17.0 Å². The molecule has 1 aromatic carbocycles. The van der Waals surface area contributed by atoms with E-state index in [9.17, 15) is 4.79 Å². The molecule has 2 aromatic rings. The Kier molecular flexibility index (Phi) is 8.37. The fourth-order valence-electron chi connectivity index (χ4n) is 2.94. The van der Waals surface area contributed by atoms with Crippen molar-refractivity contribution < 1.29 is 4.79 Å². The molecule has 5 nitrogen and oxygen atoms in total. The van der Waals surface area contributed by atoms with Crippen LogP contribution in [0.2, 0.25) is 0 Å². The number of amides is 1. The smallest absolute Gasteiger partial charge is 0.222 e. The highest BCUT2D eigenvalue weighted by atomic mass is 127. The van der Waals surface area contributed by atoms with Gasteiger partial charge >= 0.3 is 0 Å². The molecule has 0 radical (unpaired) electrons. The predicted octanol–water partition coefficient (Wildman–Crippen LogP) is 3.14. The standard InChI is InChI=1S/C19H24N4OS.HI/c20-19(21-10-9-17-7-4-12-25-17)22-13-15-5-1-2-6-16(15)14-23-11-3-8-18(23)24;/h1-2,4-7,12H,3,8-11,13-14H2,(H3,20,21,22);1H. The molecule has 140 valence electrons. The highest BCUT2D eigenvalue weighted by Crippen LogP contribution is 2.17. The topological polar surface area (TPSA) is 70.7 Å². The van der Waals surface area contributed by atoms with Gasteiger partial charge in [-0.2, -0.15) is 0 Å². The SMILES string of the molecule is I.NC(=NCc1ccccc1CN1CCCC1=O)NCCc1cccs1. The first-order valence-corrected chi connectivity index (χ1v) is 9.51. The van der Waals surface area contributed by atoms with Gasteiger partial charge in [-0.25, -0.2) is 4.99 Å². The van der Waals surface area contributed by atoms with Crippen molar-refractivity contribution >= 4 is 47.2 Å². The molecule has 1 amide bonds. The lowest BCUT2D eigenvalue weighted by molar-refractivity contribution is -0.128. The summed E-state index contributed by atoms with van der Waals surface area (Å²) in [5.41, 5.74) is 8.24. The Balaban J connectivity index is 0.00000243. The molecule has 26 heavy (non-hydrogen) atoms. The normalized spacial score (nSPS) is 14.4. The van der Waals surface area contributed by atoms with Crippen LogP contribution in [0.25, 0.3) is 0 Å². The van der Waals surface area contributed by atoms with Gasteiger partial charge in [0.15, 0.2) is 5.96 Å². The van der Waals surface area contributed by atoms with Crippen LogP contribution in [0.1, 0.15) is 28.8 Å². The Hall–Kier alpha value is -1.61. The zero-order valence-corrected chi connectivity index (χ0v) is 17.8. The number of nitrogens with zero attached hydrogens (tertiary/aromatic N) is 2. The average molecular weight is 484 g/mol. The van der Waals surface area contributed by atoms with Crippen LogP contribution in [0.15, 0.2) is 46.8 Å². The molecule has 1 saturated heterocycles. The number of benzene rings is 1. The van der Waals surface area contributed by atoms with Gasteiger partial charge in [-0.15, -0.1) is 35.3 Å². The zero-order chi connectivity index (χ0) is 17.5. The van der Waals surface area contributed by atoms with Crippen LogP contribution in [0.4, 0.5) is 0 Å². The summed E-state index contributed by atoms with van der Waals surface area (Å²) in [4.78, 5) is 19.5. The van der Waals surface area contributed by atoms with Gasteiger partial charge in [0, 0.05) is 30.9 Å². The number of nitrogens with one attached hydrogen (secondary N) is 1. The van der Waals surface area contributed by atoms with Crippen LogP contribution in [0.5, 0.6) is 0 Å². The average Bonchev–Trinajstić information content (AvgIpc) is 3.26. The van der Waals surface area contributed by atoms with Crippen LogP contribution in [0.3, 0.4) is 0 Å². The van der Waals surface area contributed by atoms with Gasteiger partial charge in [-0.05, 0) is 35.4 Å². The number of thiophene rings is 1. The third kappa shape index (κ3) is 5.98. The van der Waals surface area contributed by atoms with Gasteiger partial charge in [0.1, 0.15) is 0 Å². The van der Waals surface area contributed by atoms with Crippen LogP contribution in [-0.2, 0) is 24.3 Å². The number of guanidine groups is 1. The van der Waals surface area contributed by atoms with Crippen LogP contribution in [-0.4, -0.2) is 29.9 Å². The number of nitrogens with two attached hydrogens (primary N) is 1. The maximum absolute atomic E-state index is 11.8. The zero-order valence-electron chi connectivity index (χ0n) is 14.7. The lowest BCUT2D eigenvalue weighted by Crippen LogP contribution is -2.33. The van der Waals surface area contributed by atoms with E-state index >= 15 is 0 Å². The van der Waals surface area contributed by atoms with Gasteiger partial charge in [0.05, 0.1) is 6.54 Å². The van der Waals surface area contributed by atoms with Gasteiger partial charge in [0.25, 0.3) is 0 Å². The van der Waals surface area contributed by atoms with E-state index in [1.54, 1.807) is 11.3 Å². The van der Waals surface area contributed by atoms with E-state index in [4.69, 9.17) is 5.73 Å². The second-order valence-electron chi connectivity index (χ2n) is 6.15. The molecule has 0 atom stereocenters. The van der Waals surface area contributed by atoms with E-state index in [2.05, 4.69) is 40.0 Å². The maximum Gasteiger partial charge on any atom is 0.222 e. The molecular weight excluding hydrogens is 459 g/mol. The quantitative estimate of drug-likeness (QED) is 0.361. The van der Waals surface area contributed by atoms with Crippen LogP contribution < -0.4 is 11.1 Å². The van der Waals surface area contributed by atoms with Gasteiger partial charge in [-0.1, -0.05) is 30.3 Å². The Morgan fingerprint density at radius 3 is 2.73 bits per heavy atom. The highest BCUT2D eigenvalue weighted by Gasteiger charge is 2.20. The molecule has 1 aromatic heterocycles. The largest absolute Gasteiger partial charge is 0.370 e. The molecular formula is C19H25IN4OS. The lowest BCUT2D eigenvalue weighted by Gasteiger charge is -2.17. The van der Waals surface area contributed by atoms with E-state index in [0.29, 0.717) is 25.5 Å². The monoisotopic (exact) mass is 484 g/mol. The third-order valence-electron chi connectivity index (χ3n) is 4.33. The number of carbonyl (C=O) groups excluding carboxylic acids is 1. The van der Waals surface area contributed by atoms with Gasteiger partial charge in [0.2, 0.25) is 5.91 Å². The molecule has 0 bridgehead atoms. The van der Waals surface area contributed by atoms with Crippen LogP contribution in [0, 0.1) is 0 Å². The molecule has 3 rings (SSSR count). The lowest BCUT2D eigenvalue weighted by atomic mass is 10.1. The summed E-state index contributed by atoms with van der Waals surface area (Å²) >= 11 is 1.75. The van der Waals surface area contributed by atoms with Crippen molar-refractivity contribution in [2.75, 3.05) is 13.1 Å². The summed E-state index contributed by atoms with van der Waals surface area (Å²) in [6.45, 7) is 2.81. The molecule has 0 unspecified atom stereocenters. The number of likely N-dealkylation sites (tertiary alicyclic amines) is 1. The minimum absolute atomic E-state index is 0. The Labute approximate surface area is 175 Å². The van der Waals surface area contributed by atoms with Crippen molar-refractivity contribution in [3.63, 3.8) is 0 Å². The molecule has 2 heterocycles. The number of halogens is 1. The first kappa shape index (κ1) is 20.7. The molecule has 3 N–H and O–H groups in total. The second kappa shape index (κ2) is 10.5. The van der Waals surface area contributed by atoms with Crippen molar-refractivity contribution in [1.29, 1.82) is 0 Å². The third-order valence-corrected chi connectivity index (χ3v) is 5.26.